The minimum absolute atomic E-state index is 0.173. The van der Waals surface area contributed by atoms with Crippen LogP contribution in [0.15, 0.2) is 53.4 Å². The second-order valence-corrected chi connectivity index (χ2v) is 7.13. The molecule has 0 aromatic heterocycles. The monoisotopic (exact) mass is 388 g/mol. The lowest BCUT2D eigenvalue weighted by molar-refractivity contribution is -0.115. The molecule has 2 aromatic carbocycles. The molecule has 0 fully saturated rings. The van der Waals surface area contributed by atoms with Crippen LogP contribution in [0.4, 0.5) is 5.69 Å². The fraction of sp³-hybridized carbons (Fsp3) is 0.300. The molecule has 0 bridgehead atoms. The lowest BCUT2D eigenvalue weighted by Gasteiger charge is -2.15. The van der Waals surface area contributed by atoms with E-state index in [4.69, 9.17) is 9.47 Å². The number of anilines is 1. The fourth-order valence-corrected chi connectivity index (χ4v) is 3.17. The highest BCUT2D eigenvalue weighted by atomic mass is 32.2. The Morgan fingerprint density at radius 3 is 2.44 bits per heavy atom. The van der Waals surface area contributed by atoms with Crippen molar-refractivity contribution in [1.82, 2.24) is 5.32 Å². The first-order chi connectivity index (χ1) is 13.0. The lowest BCUT2D eigenvalue weighted by Crippen LogP contribution is -2.29. The molecular weight excluding hydrogens is 364 g/mol. The van der Waals surface area contributed by atoms with Crippen LogP contribution in [0.25, 0.3) is 0 Å². The summed E-state index contributed by atoms with van der Waals surface area (Å²) in [7, 11) is 3.18. The number of ether oxygens (including phenoxy) is 2. The van der Waals surface area contributed by atoms with Gasteiger partial charge < -0.3 is 20.1 Å². The normalized spacial score (nSPS) is 11.5. The lowest BCUT2D eigenvalue weighted by atomic mass is 10.1. The minimum atomic E-state index is -0.331. The summed E-state index contributed by atoms with van der Waals surface area (Å²) in [4.78, 5) is 25.8. The van der Waals surface area contributed by atoms with Crippen molar-refractivity contribution >= 4 is 29.3 Å². The Bertz CT molecular complexity index is 765. The molecule has 0 aliphatic heterocycles. The van der Waals surface area contributed by atoms with E-state index in [1.165, 1.54) is 11.8 Å². The van der Waals surface area contributed by atoms with Gasteiger partial charge in [0.05, 0.1) is 30.2 Å². The maximum atomic E-state index is 12.6. The van der Waals surface area contributed by atoms with Gasteiger partial charge in [0.15, 0.2) is 0 Å². The van der Waals surface area contributed by atoms with Crippen LogP contribution in [0.3, 0.4) is 0 Å². The average molecular weight is 388 g/mol. The Morgan fingerprint density at radius 2 is 1.78 bits per heavy atom. The summed E-state index contributed by atoms with van der Waals surface area (Å²) in [5.74, 6) is 0.344. The van der Waals surface area contributed by atoms with Crippen LogP contribution >= 0.6 is 11.8 Å². The molecule has 2 aromatic rings. The van der Waals surface area contributed by atoms with Crippen LogP contribution in [0.5, 0.6) is 5.75 Å². The van der Waals surface area contributed by atoms with E-state index in [0.717, 1.165) is 10.6 Å². The van der Waals surface area contributed by atoms with E-state index in [2.05, 4.69) is 10.6 Å². The summed E-state index contributed by atoms with van der Waals surface area (Å²) in [6.07, 6.45) is 0. The third-order valence-corrected chi connectivity index (χ3v) is 4.87. The van der Waals surface area contributed by atoms with Crippen molar-refractivity contribution in [3.63, 3.8) is 0 Å². The smallest absolute Gasteiger partial charge is 0.253 e. The molecule has 2 rings (SSSR count). The van der Waals surface area contributed by atoms with Gasteiger partial charge in [-0.3, -0.25) is 9.59 Å². The van der Waals surface area contributed by atoms with E-state index in [-0.39, 0.29) is 17.1 Å². The number of hydrogen-bond donors (Lipinski definition) is 2. The zero-order valence-electron chi connectivity index (χ0n) is 15.7. The standard InChI is InChI=1S/C20H24N2O4S/c1-14(27-16-10-8-15(26-3)9-11-16)19(23)22-18-7-5-4-6-17(18)20(24)21-12-13-25-2/h4-11,14H,12-13H2,1-3H3,(H,21,24)(H,22,23). The first-order valence-corrected chi connectivity index (χ1v) is 9.41. The molecule has 27 heavy (non-hydrogen) atoms. The van der Waals surface area contributed by atoms with Gasteiger partial charge in [0.2, 0.25) is 5.91 Å². The highest BCUT2D eigenvalue weighted by Gasteiger charge is 2.18. The van der Waals surface area contributed by atoms with Gasteiger partial charge >= 0.3 is 0 Å². The van der Waals surface area contributed by atoms with Crippen molar-refractivity contribution in [2.75, 3.05) is 32.7 Å². The first-order valence-electron chi connectivity index (χ1n) is 8.53. The number of para-hydroxylation sites is 1. The number of thioether (sulfide) groups is 1. The Hall–Kier alpha value is -2.51. The van der Waals surface area contributed by atoms with Crippen LogP contribution in [0.2, 0.25) is 0 Å². The summed E-state index contributed by atoms with van der Waals surface area (Å²) < 4.78 is 10.1. The Morgan fingerprint density at radius 1 is 1.07 bits per heavy atom. The molecule has 0 radical (unpaired) electrons. The Labute approximate surface area is 163 Å². The van der Waals surface area contributed by atoms with Crippen molar-refractivity contribution < 1.29 is 19.1 Å². The second-order valence-electron chi connectivity index (χ2n) is 5.72. The van der Waals surface area contributed by atoms with Crippen LogP contribution < -0.4 is 15.4 Å². The highest BCUT2D eigenvalue weighted by molar-refractivity contribution is 8.00. The maximum Gasteiger partial charge on any atom is 0.253 e. The van der Waals surface area contributed by atoms with Crippen LogP contribution in [-0.2, 0) is 9.53 Å². The molecule has 144 valence electrons. The Balaban J connectivity index is 2.00. The first kappa shape index (κ1) is 20.8. The molecule has 6 nitrogen and oxygen atoms in total. The van der Waals surface area contributed by atoms with Gasteiger partial charge in [-0.05, 0) is 43.3 Å². The largest absolute Gasteiger partial charge is 0.497 e. The highest BCUT2D eigenvalue weighted by Crippen LogP contribution is 2.26. The van der Waals surface area contributed by atoms with Crippen molar-refractivity contribution in [2.45, 2.75) is 17.1 Å². The van der Waals surface area contributed by atoms with Crippen molar-refractivity contribution in [3.8, 4) is 5.75 Å². The quantitative estimate of drug-likeness (QED) is 0.510. The van der Waals surface area contributed by atoms with Crippen LogP contribution in [0.1, 0.15) is 17.3 Å². The van der Waals surface area contributed by atoms with Gasteiger partial charge in [-0.15, -0.1) is 11.8 Å². The molecule has 0 spiro atoms. The summed E-state index contributed by atoms with van der Waals surface area (Å²) in [5.41, 5.74) is 0.906. The van der Waals surface area contributed by atoms with Gasteiger partial charge in [-0.1, -0.05) is 12.1 Å². The molecular formula is C20H24N2O4S. The summed E-state index contributed by atoms with van der Waals surface area (Å²) in [6.45, 7) is 2.66. The zero-order valence-corrected chi connectivity index (χ0v) is 16.5. The molecule has 2 amide bonds. The molecule has 1 atom stereocenters. The number of carbonyl (C=O) groups excluding carboxylic acids is 2. The Kier molecular flexibility index (Phi) is 8.16. The molecule has 0 aliphatic rings. The van der Waals surface area contributed by atoms with Gasteiger partial charge in [0.1, 0.15) is 5.75 Å². The molecule has 2 N–H and O–H groups in total. The predicted molar refractivity (Wildman–Crippen MR) is 108 cm³/mol. The van der Waals surface area contributed by atoms with E-state index in [1.54, 1.807) is 38.5 Å². The number of nitrogens with one attached hydrogen (secondary N) is 2. The van der Waals surface area contributed by atoms with Crippen molar-refractivity contribution in [1.29, 1.82) is 0 Å². The molecule has 0 saturated heterocycles. The minimum Gasteiger partial charge on any atom is -0.497 e. The van der Waals surface area contributed by atoms with E-state index >= 15 is 0 Å². The number of benzene rings is 2. The number of hydrogen-bond acceptors (Lipinski definition) is 5. The predicted octanol–water partition coefficient (Wildman–Crippen LogP) is 3.19. The second kappa shape index (κ2) is 10.6. The van der Waals surface area contributed by atoms with E-state index in [9.17, 15) is 9.59 Å². The van der Waals surface area contributed by atoms with E-state index in [1.807, 2.05) is 31.2 Å². The molecule has 7 heteroatoms. The summed E-state index contributed by atoms with van der Waals surface area (Å²) in [5, 5.41) is 5.28. The third-order valence-electron chi connectivity index (χ3n) is 3.76. The van der Waals surface area contributed by atoms with Gasteiger partial charge in [0, 0.05) is 18.6 Å². The third kappa shape index (κ3) is 6.30. The SMILES string of the molecule is COCCNC(=O)c1ccccc1NC(=O)C(C)Sc1ccc(OC)cc1. The molecule has 0 aliphatic carbocycles. The van der Waals surface area contributed by atoms with Crippen LogP contribution in [-0.4, -0.2) is 44.4 Å². The van der Waals surface area contributed by atoms with Gasteiger partial charge in [0.25, 0.3) is 5.91 Å². The van der Waals surface area contributed by atoms with Crippen molar-refractivity contribution in [2.24, 2.45) is 0 Å². The van der Waals surface area contributed by atoms with Gasteiger partial charge in [-0.2, -0.15) is 0 Å². The van der Waals surface area contributed by atoms with Gasteiger partial charge in [-0.25, -0.2) is 0 Å². The number of methoxy groups -OCH3 is 2. The number of amides is 2. The summed E-state index contributed by atoms with van der Waals surface area (Å²) in [6, 6.07) is 14.5. The molecule has 0 saturated carbocycles. The topological polar surface area (TPSA) is 76.7 Å². The van der Waals surface area contributed by atoms with E-state index < -0.39 is 0 Å². The fourth-order valence-electron chi connectivity index (χ4n) is 2.30. The van der Waals surface area contributed by atoms with Crippen LogP contribution in [0, 0.1) is 0 Å². The average Bonchev–Trinajstić information content (AvgIpc) is 2.69. The zero-order chi connectivity index (χ0) is 19.6. The van der Waals surface area contributed by atoms with E-state index in [0.29, 0.717) is 24.4 Å². The van der Waals surface area contributed by atoms with Crippen molar-refractivity contribution in [3.05, 3.63) is 54.1 Å². The number of carbonyl (C=O) groups is 2. The molecule has 1 unspecified atom stereocenters. The molecule has 0 heterocycles. The summed E-state index contributed by atoms with van der Waals surface area (Å²) >= 11 is 1.44. The number of rotatable bonds is 9. The maximum absolute atomic E-state index is 12.6.